The zero-order valence-electron chi connectivity index (χ0n) is 10.4. The van der Waals surface area contributed by atoms with Gasteiger partial charge in [0.1, 0.15) is 6.29 Å². The van der Waals surface area contributed by atoms with Crippen LogP contribution in [-0.2, 0) is 4.79 Å². The van der Waals surface area contributed by atoms with Crippen molar-refractivity contribution in [1.29, 1.82) is 0 Å². The van der Waals surface area contributed by atoms with Gasteiger partial charge in [0.2, 0.25) is 0 Å². The van der Waals surface area contributed by atoms with E-state index in [1.807, 2.05) is 42.3 Å². The van der Waals surface area contributed by atoms with E-state index in [0.29, 0.717) is 14.9 Å². The van der Waals surface area contributed by atoms with Crippen LogP contribution in [0.4, 0.5) is 0 Å². The highest BCUT2D eigenvalue weighted by atomic mass is 31.2. The molecule has 0 heterocycles. The fourth-order valence-corrected chi connectivity index (χ4v) is 6.97. The third kappa shape index (κ3) is 3.61. The molecule has 0 spiro atoms. The van der Waals surface area contributed by atoms with Crippen molar-refractivity contribution in [3.8, 4) is 0 Å². The lowest BCUT2D eigenvalue weighted by Gasteiger charge is -2.40. The Labute approximate surface area is 94.9 Å². The van der Waals surface area contributed by atoms with Gasteiger partial charge < -0.3 is 4.79 Å². The molecular formula is C8H22N4OP2. The molecule has 1 atom stereocenters. The van der Waals surface area contributed by atoms with Crippen molar-refractivity contribution in [2.45, 2.75) is 0 Å². The van der Waals surface area contributed by atoms with Crippen LogP contribution < -0.4 is 0 Å². The Hall–Kier alpha value is 0.210. The maximum atomic E-state index is 10.3. The monoisotopic (exact) mass is 252 g/mol. The van der Waals surface area contributed by atoms with E-state index in [9.17, 15) is 4.79 Å². The van der Waals surface area contributed by atoms with E-state index in [4.69, 9.17) is 4.52 Å². The summed E-state index contributed by atoms with van der Waals surface area (Å²) in [5.41, 5.74) is 0. The summed E-state index contributed by atoms with van der Waals surface area (Å²) in [4.78, 5) is 10.3. The summed E-state index contributed by atoms with van der Waals surface area (Å²) in [6.45, 7) is 0. The van der Waals surface area contributed by atoms with Crippen LogP contribution in [0.5, 0.6) is 0 Å². The number of aldehydes is 1. The first-order valence-corrected chi connectivity index (χ1v) is 7.46. The first-order chi connectivity index (χ1) is 6.89. The van der Waals surface area contributed by atoms with Crippen LogP contribution in [0.1, 0.15) is 0 Å². The number of hydrogen-bond acceptors (Lipinski definition) is 2. The SMILES string of the molecule is CN(C)P(=NPCC=O)(N(C)C)N(C)C. The highest BCUT2D eigenvalue weighted by Crippen LogP contribution is 2.57. The second-order valence-electron chi connectivity index (χ2n) is 3.71. The molecule has 5 nitrogen and oxygen atoms in total. The second kappa shape index (κ2) is 6.72. The Morgan fingerprint density at radius 1 is 1.07 bits per heavy atom. The predicted molar refractivity (Wildman–Crippen MR) is 69.7 cm³/mol. The fraction of sp³-hybridized carbons (Fsp3) is 0.875. The predicted octanol–water partition coefficient (Wildman–Crippen LogP) is 1.41. The van der Waals surface area contributed by atoms with E-state index >= 15 is 0 Å². The first kappa shape index (κ1) is 15.2. The van der Waals surface area contributed by atoms with E-state index in [-0.39, 0.29) is 0 Å². The summed E-state index contributed by atoms with van der Waals surface area (Å²) in [6.07, 6.45) is 1.45. The standard InChI is InChI=1S/C8H22N4OP2/c1-10(2)15(11(3)4,12(5)6)9-14-8-7-13/h7,14H,8H2,1-6H3. The van der Waals surface area contributed by atoms with Crippen LogP contribution in [0.2, 0.25) is 0 Å². The van der Waals surface area contributed by atoms with Crippen molar-refractivity contribution in [2.24, 2.45) is 4.52 Å². The highest BCUT2D eigenvalue weighted by molar-refractivity contribution is 7.64. The van der Waals surface area contributed by atoms with Crippen LogP contribution >= 0.6 is 16.2 Å². The lowest BCUT2D eigenvalue weighted by Crippen LogP contribution is -2.30. The minimum Gasteiger partial charge on any atom is -0.303 e. The van der Waals surface area contributed by atoms with Crippen molar-refractivity contribution in [2.75, 3.05) is 48.4 Å². The number of rotatable bonds is 6. The molecule has 0 saturated carbocycles. The van der Waals surface area contributed by atoms with E-state index in [0.717, 1.165) is 6.29 Å². The van der Waals surface area contributed by atoms with Gasteiger partial charge in [-0.1, -0.05) is 0 Å². The minimum atomic E-state index is -1.76. The number of hydrogen-bond donors (Lipinski definition) is 0. The Balaban J connectivity index is 5.12. The summed E-state index contributed by atoms with van der Waals surface area (Å²) in [6, 6.07) is 0. The average molecular weight is 252 g/mol. The van der Waals surface area contributed by atoms with E-state index in [2.05, 4.69) is 14.0 Å². The summed E-state index contributed by atoms with van der Waals surface area (Å²) in [7, 11) is 10.8. The molecule has 0 aliphatic heterocycles. The van der Waals surface area contributed by atoms with Gasteiger partial charge in [-0.2, -0.15) is 0 Å². The Morgan fingerprint density at radius 3 is 1.73 bits per heavy atom. The molecular weight excluding hydrogens is 230 g/mol. The lowest BCUT2D eigenvalue weighted by atomic mass is 10.9. The molecule has 0 aromatic carbocycles. The molecule has 0 rings (SSSR count). The van der Waals surface area contributed by atoms with Crippen molar-refractivity contribution in [3.05, 3.63) is 0 Å². The molecule has 0 aliphatic carbocycles. The molecule has 1 unspecified atom stereocenters. The lowest BCUT2D eigenvalue weighted by molar-refractivity contribution is -0.105. The molecule has 0 radical (unpaired) electrons. The van der Waals surface area contributed by atoms with Crippen molar-refractivity contribution < 1.29 is 4.79 Å². The summed E-state index contributed by atoms with van der Waals surface area (Å²) < 4.78 is 11.2. The van der Waals surface area contributed by atoms with E-state index in [1.54, 1.807) is 0 Å². The fourth-order valence-electron chi connectivity index (χ4n) is 1.51. The molecule has 0 fully saturated rings. The zero-order valence-corrected chi connectivity index (χ0v) is 12.3. The molecule has 0 aromatic rings. The molecule has 90 valence electrons. The van der Waals surface area contributed by atoms with Crippen LogP contribution in [0, 0.1) is 0 Å². The molecule has 0 saturated heterocycles. The van der Waals surface area contributed by atoms with Gasteiger partial charge in [-0.25, -0.2) is 4.52 Å². The normalized spacial score (nSPS) is 13.4. The van der Waals surface area contributed by atoms with Crippen LogP contribution in [0.3, 0.4) is 0 Å². The quantitative estimate of drug-likeness (QED) is 0.407. The molecule has 7 heteroatoms. The zero-order chi connectivity index (χ0) is 12.1. The van der Waals surface area contributed by atoms with Gasteiger partial charge in [-0.05, 0) is 42.3 Å². The van der Waals surface area contributed by atoms with Gasteiger partial charge in [-0.3, -0.25) is 14.0 Å². The topological polar surface area (TPSA) is 39.2 Å². The highest BCUT2D eigenvalue weighted by Gasteiger charge is 2.27. The molecule has 0 aromatic heterocycles. The maximum Gasteiger partial charge on any atom is 0.169 e. The summed E-state index contributed by atoms with van der Waals surface area (Å²) in [5, 5.41) is 0. The van der Waals surface area contributed by atoms with Gasteiger partial charge in [0.15, 0.2) is 7.51 Å². The number of carbonyl (C=O) groups excluding carboxylic acids is 1. The first-order valence-electron chi connectivity index (χ1n) is 4.70. The average Bonchev–Trinajstić information content (AvgIpc) is 2.10. The third-order valence-electron chi connectivity index (χ3n) is 1.99. The van der Waals surface area contributed by atoms with Crippen molar-refractivity contribution in [3.63, 3.8) is 0 Å². The van der Waals surface area contributed by atoms with E-state index < -0.39 is 7.51 Å². The molecule has 0 aliphatic rings. The second-order valence-corrected chi connectivity index (χ2v) is 8.70. The minimum absolute atomic E-state index is 0.343. The van der Waals surface area contributed by atoms with Gasteiger partial charge in [0.25, 0.3) is 0 Å². The third-order valence-corrected chi connectivity index (χ3v) is 7.20. The van der Waals surface area contributed by atoms with Crippen molar-refractivity contribution >= 4 is 22.5 Å². The van der Waals surface area contributed by atoms with Crippen molar-refractivity contribution in [1.82, 2.24) is 14.0 Å². The van der Waals surface area contributed by atoms with Crippen LogP contribution in [0.25, 0.3) is 0 Å². The van der Waals surface area contributed by atoms with Crippen LogP contribution in [0.15, 0.2) is 4.52 Å². The molecule has 15 heavy (non-hydrogen) atoms. The molecule has 0 amide bonds. The maximum absolute atomic E-state index is 10.3. The van der Waals surface area contributed by atoms with Crippen LogP contribution in [-0.4, -0.2) is 68.7 Å². The number of carbonyl (C=O) groups is 1. The summed E-state index contributed by atoms with van der Waals surface area (Å²) in [5.74, 6) is 0. The van der Waals surface area contributed by atoms with E-state index in [1.165, 1.54) is 0 Å². The smallest absolute Gasteiger partial charge is 0.169 e. The largest absolute Gasteiger partial charge is 0.303 e. The Morgan fingerprint density at radius 2 is 1.47 bits per heavy atom. The number of nitrogens with zero attached hydrogens (tertiary/aromatic N) is 4. The van der Waals surface area contributed by atoms with Gasteiger partial charge in [-0.15, -0.1) is 0 Å². The molecule has 0 bridgehead atoms. The molecule has 0 N–H and O–H groups in total. The van der Waals surface area contributed by atoms with Gasteiger partial charge in [0, 0.05) is 14.9 Å². The Bertz CT molecular complexity index is 224. The van der Waals surface area contributed by atoms with Gasteiger partial charge in [0.05, 0.1) is 0 Å². The Kier molecular flexibility index (Phi) is 6.81. The van der Waals surface area contributed by atoms with Gasteiger partial charge >= 0.3 is 0 Å². The summed E-state index contributed by atoms with van der Waals surface area (Å²) >= 11 is 0.